The number of nitrogens with one attached hydrogen (secondary N) is 1. The number of rotatable bonds is 20. The quantitative estimate of drug-likeness (QED) is 0.0948. The maximum Gasteiger partial charge on any atom is 0.512 e. The van der Waals surface area contributed by atoms with Crippen molar-refractivity contribution in [3.05, 3.63) is 101 Å². The normalized spacial score (nSPS) is 19.0. The number of aliphatic hydroxyl groups is 1. The average molecular weight is 872 g/mol. The first kappa shape index (κ1) is 46.8. The van der Waals surface area contributed by atoms with E-state index in [1.54, 1.807) is 25.2 Å². The van der Waals surface area contributed by atoms with Crippen molar-refractivity contribution in [3.63, 3.8) is 0 Å². The lowest BCUT2D eigenvalue weighted by Crippen LogP contribution is -2.49. The van der Waals surface area contributed by atoms with E-state index in [1.807, 2.05) is 6.07 Å². The number of carbonyl (C=O) groups is 3. The summed E-state index contributed by atoms with van der Waals surface area (Å²) in [6, 6.07) is 8.86. The summed E-state index contributed by atoms with van der Waals surface area (Å²) in [6.07, 6.45) is 6.42. The van der Waals surface area contributed by atoms with Gasteiger partial charge >= 0.3 is 12.1 Å². The molecule has 3 heterocycles. The molecule has 2 aliphatic heterocycles. The van der Waals surface area contributed by atoms with E-state index in [-0.39, 0.29) is 61.5 Å². The number of β-amino-alcohol motifs (C(OH)–C–C–N with tert-alkyl or cyclic N) is 1. The third-order valence-electron chi connectivity index (χ3n) is 9.83. The predicted molar refractivity (Wildman–Crippen MR) is 215 cm³/mol. The molecule has 16 nitrogen and oxygen atoms in total. The van der Waals surface area contributed by atoms with Crippen LogP contribution in [0.15, 0.2) is 67.3 Å². The van der Waals surface area contributed by atoms with Crippen LogP contribution in [0.4, 0.5) is 18.0 Å². The lowest BCUT2D eigenvalue weighted by Gasteiger charge is -2.40. The van der Waals surface area contributed by atoms with Crippen molar-refractivity contribution in [1.29, 1.82) is 5.26 Å². The highest BCUT2D eigenvalue weighted by Crippen LogP contribution is 2.42. The van der Waals surface area contributed by atoms with E-state index >= 15 is 4.39 Å². The molecule has 2 N–H and O–H groups in total. The molecule has 0 radical (unpaired) electrons. The molecule has 3 aromatic rings. The minimum absolute atomic E-state index is 0.115. The van der Waals surface area contributed by atoms with E-state index in [2.05, 4.69) is 25.2 Å². The fourth-order valence-electron chi connectivity index (χ4n) is 6.55. The number of halogens is 3. The first-order valence-electron chi connectivity index (χ1n) is 19.5. The number of piperazine rings is 1. The summed E-state index contributed by atoms with van der Waals surface area (Å²) in [4.78, 5) is 46.4. The number of esters is 1. The molecule has 2 atom stereocenters. The van der Waals surface area contributed by atoms with Gasteiger partial charge in [-0.15, -0.1) is 11.8 Å². The largest absolute Gasteiger partial charge is 0.512 e. The van der Waals surface area contributed by atoms with Gasteiger partial charge in [0.25, 0.3) is 0 Å². The molecule has 5 rings (SSSR count). The fraction of sp³-hybridized carbons (Fsp3) is 0.463. The number of nitriles is 1. The molecule has 0 bridgehead atoms. The van der Waals surface area contributed by atoms with Crippen LogP contribution in [-0.4, -0.2) is 137 Å². The van der Waals surface area contributed by atoms with Crippen LogP contribution in [0, 0.1) is 28.8 Å². The van der Waals surface area contributed by atoms with Gasteiger partial charge in [-0.05, 0) is 37.3 Å². The summed E-state index contributed by atoms with van der Waals surface area (Å²) in [7, 11) is 0. The SMILES string of the molecule is C[C@@H](SC1COC(/C=C/C=C/c2ccc(C#N)cc2F)OC1)[C@@](Cn1cncn1)(OC(=O)OCOC(=O)CCC(=O)NCCN1CCN(CCO)CC1)c1ccc(F)cc1F. The first-order valence-corrected chi connectivity index (χ1v) is 20.5. The Labute approximate surface area is 355 Å². The van der Waals surface area contributed by atoms with E-state index in [4.69, 9.17) is 34.1 Å². The van der Waals surface area contributed by atoms with Crippen LogP contribution in [-0.2, 0) is 45.4 Å². The third kappa shape index (κ3) is 14.4. The smallest absolute Gasteiger partial charge is 0.428 e. The zero-order valence-electron chi connectivity index (χ0n) is 33.5. The van der Waals surface area contributed by atoms with Crippen molar-refractivity contribution < 1.29 is 56.3 Å². The van der Waals surface area contributed by atoms with Gasteiger partial charge < -0.3 is 34.1 Å². The number of benzene rings is 2. The number of aliphatic hydroxyl groups excluding tert-OH is 1. The number of thioether (sulfide) groups is 1. The van der Waals surface area contributed by atoms with E-state index in [0.29, 0.717) is 31.3 Å². The second-order valence-corrected chi connectivity index (χ2v) is 15.7. The summed E-state index contributed by atoms with van der Waals surface area (Å²) in [6.45, 7) is 5.92. The van der Waals surface area contributed by atoms with Crippen molar-refractivity contribution in [2.24, 2.45) is 0 Å². The van der Waals surface area contributed by atoms with Crippen LogP contribution in [0.5, 0.6) is 0 Å². The predicted octanol–water partition coefficient (Wildman–Crippen LogP) is 3.76. The highest BCUT2D eigenvalue weighted by atomic mass is 32.2. The lowest BCUT2D eigenvalue weighted by atomic mass is 9.89. The second kappa shape index (κ2) is 23.6. The van der Waals surface area contributed by atoms with Gasteiger partial charge in [0.1, 0.15) is 30.1 Å². The molecule has 0 saturated carbocycles. The van der Waals surface area contributed by atoms with E-state index < -0.39 is 53.5 Å². The monoisotopic (exact) mass is 871 g/mol. The fourth-order valence-corrected chi connectivity index (χ4v) is 7.92. The van der Waals surface area contributed by atoms with Crippen LogP contribution in [0.1, 0.15) is 36.5 Å². The van der Waals surface area contributed by atoms with Gasteiger partial charge in [0.2, 0.25) is 12.7 Å². The van der Waals surface area contributed by atoms with Gasteiger partial charge in [-0.25, -0.2) is 27.6 Å². The maximum absolute atomic E-state index is 15.7. The van der Waals surface area contributed by atoms with Crippen molar-refractivity contribution in [3.8, 4) is 6.07 Å². The van der Waals surface area contributed by atoms with Crippen LogP contribution in [0.25, 0.3) is 6.08 Å². The Balaban J connectivity index is 1.14. The van der Waals surface area contributed by atoms with Gasteiger partial charge in [0, 0.05) is 74.7 Å². The summed E-state index contributed by atoms with van der Waals surface area (Å²) in [5.41, 5.74) is -1.60. The Morgan fingerprint density at radius 1 is 1.03 bits per heavy atom. The number of hydrogen-bond acceptors (Lipinski definition) is 15. The van der Waals surface area contributed by atoms with Gasteiger partial charge in [0.15, 0.2) is 11.9 Å². The Bertz CT molecular complexity index is 2010. The summed E-state index contributed by atoms with van der Waals surface area (Å²) in [5.74, 6) is -3.58. The lowest BCUT2D eigenvalue weighted by molar-refractivity contribution is -0.156. The molecule has 61 heavy (non-hydrogen) atoms. The van der Waals surface area contributed by atoms with Gasteiger partial charge in [-0.1, -0.05) is 24.3 Å². The molecule has 2 fully saturated rings. The summed E-state index contributed by atoms with van der Waals surface area (Å²) >= 11 is 1.24. The maximum atomic E-state index is 15.7. The standard InChI is InChI=1S/C41H48F3N7O9S/c1-29(61-33-23-56-39(57-24-33)5-3-2-4-31-7-6-30(22-45)20-35(31)43)41(25-51-27-46-26-48-51,34-9-8-32(42)21-36(34)44)60-40(55)59-28-58-38(54)11-10-37(53)47-12-13-49-14-16-50(17-15-49)18-19-52/h2-9,20-21,26-27,29,33,39,52H,10-19,23-25,28H2,1H3,(H,47,53)/b4-2+,5-3+/t29-,33?,39?,41-/m1/s1. The topological polar surface area (TPSA) is 191 Å². The number of nitrogens with zero attached hydrogens (tertiary/aromatic N) is 6. The minimum Gasteiger partial charge on any atom is -0.428 e. The molecule has 2 saturated heterocycles. The third-order valence-corrected chi connectivity index (χ3v) is 11.3. The Morgan fingerprint density at radius 3 is 2.46 bits per heavy atom. The number of amides is 1. The molecule has 328 valence electrons. The molecule has 0 aliphatic carbocycles. The molecule has 2 aromatic carbocycles. The van der Waals surface area contributed by atoms with Gasteiger partial charge in [-0.3, -0.25) is 19.4 Å². The van der Waals surface area contributed by atoms with Crippen LogP contribution >= 0.6 is 11.8 Å². The minimum atomic E-state index is -1.91. The van der Waals surface area contributed by atoms with Crippen LogP contribution in [0.2, 0.25) is 0 Å². The molecular formula is C41H48F3N7O9S. The molecule has 20 heteroatoms. The van der Waals surface area contributed by atoms with Crippen molar-refractivity contribution in [1.82, 2.24) is 29.9 Å². The van der Waals surface area contributed by atoms with E-state index in [0.717, 1.165) is 44.4 Å². The number of carbonyl (C=O) groups excluding carboxylic acids is 3. The number of aromatic nitrogens is 3. The zero-order chi connectivity index (χ0) is 43.6. The number of allylic oxidation sites excluding steroid dienone is 2. The highest BCUT2D eigenvalue weighted by Gasteiger charge is 2.47. The molecule has 0 spiro atoms. The van der Waals surface area contributed by atoms with Crippen molar-refractivity contribution in [2.75, 3.05) is 72.4 Å². The molecule has 1 aromatic heterocycles. The van der Waals surface area contributed by atoms with Gasteiger partial charge in [0.05, 0.1) is 49.7 Å². The van der Waals surface area contributed by atoms with E-state index in [9.17, 15) is 23.2 Å². The number of hydrogen-bond donors (Lipinski definition) is 2. The van der Waals surface area contributed by atoms with Gasteiger partial charge in [-0.2, -0.15) is 10.4 Å². The average Bonchev–Trinajstić information content (AvgIpc) is 3.76. The Kier molecular flexibility index (Phi) is 18.1. The second-order valence-electron chi connectivity index (χ2n) is 14.0. The van der Waals surface area contributed by atoms with E-state index in [1.165, 1.54) is 47.3 Å². The summed E-state index contributed by atoms with van der Waals surface area (Å²) in [5, 5.41) is 23.7. The highest BCUT2D eigenvalue weighted by molar-refractivity contribution is 8.00. The molecule has 2 aliphatic rings. The zero-order valence-corrected chi connectivity index (χ0v) is 34.3. The molecule has 1 amide bonds. The number of ether oxygens (including phenoxy) is 5. The summed E-state index contributed by atoms with van der Waals surface area (Å²) < 4.78 is 73.2. The van der Waals surface area contributed by atoms with Crippen LogP contribution < -0.4 is 5.32 Å². The molecular weight excluding hydrogens is 824 g/mol. The Hall–Kier alpha value is -5.30. The Morgan fingerprint density at radius 2 is 1.79 bits per heavy atom. The first-order chi connectivity index (χ1) is 29.5. The molecule has 0 unspecified atom stereocenters. The van der Waals surface area contributed by atoms with Crippen molar-refractivity contribution in [2.45, 2.75) is 48.7 Å². The van der Waals surface area contributed by atoms with Crippen LogP contribution in [0.3, 0.4) is 0 Å². The van der Waals surface area contributed by atoms with Crippen molar-refractivity contribution >= 4 is 35.9 Å².